The van der Waals surface area contributed by atoms with Crippen molar-refractivity contribution in [1.82, 2.24) is 0 Å². The minimum atomic E-state index is -0.696. The zero-order valence-electron chi connectivity index (χ0n) is 16.2. The Morgan fingerprint density at radius 1 is 1.00 bits per heavy atom. The Labute approximate surface area is 140 Å². The van der Waals surface area contributed by atoms with E-state index in [4.69, 9.17) is 4.74 Å². The van der Waals surface area contributed by atoms with Crippen molar-refractivity contribution in [3.8, 4) is 0 Å². The van der Waals surface area contributed by atoms with Crippen LogP contribution in [0.25, 0.3) is 0 Å². The predicted molar refractivity (Wildman–Crippen MR) is 92.1 cm³/mol. The standard InChI is InChI=1S/C20H32O3/c1-17(2,3)12-10-20(19(7,8)9)14(13(21)11-23-20)15(16(12)22)18(4,5)6/h10,14-15H,11H2,1-9H3/t14-,15?,20+/m0/s1. The van der Waals surface area contributed by atoms with Crippen molar-refractivity contribution in [2.45, 2.75) is 67.9 Å². The predicted octanol–water partition coefficient (Wildman–Crippen LogP) is 4.20. The number of hydrogen-bond acceptors (Lipinski definition) is 3. The Morgan fingerprint density at radius 3 is 1.91 bits per heavy atom. The zero-order valence-corrected chi connectivity index (χ0v) is 16.2. The molecule has 0 bridgehead atoms. The molecule has 0 aromatic carbocycles. The topological polar surface area (TPSA) is 43.4 Å². The van der Waals surface area contributed by atoms with Crippen LogP contribution in [0, 0.1) is 28.1 Å². The van der Waals surface area contributed by atoms with E-state index in [1.807, 2.05) is 6.08 Å². The van der Waals surface area contributed by atoms with Gasteiger partial charge in [0.25, 0.3) is 0 Å². The molecule has 1 unspecified atom stereocenters. The molecule has 1 aliphatic heterocycles. The number of carbonyl (C=O) groups excluding carboxylic acids is 2. The van der Waals surface area contributed by atoms with Gasteiger partial charge in [-0.25, -0.2) is 0 Å². The Hall–Kier alpha value is -0.960. The molecule has 0 saturated carbocycles. The van der Waals surface area contributed by atoms with Gasteiger partial charge in [-0.05, 0) is 27.9 Å². The minimum Gasteiger partial charge on any atom is -0.362 e. The summed E-state index contributed by atoms with van der Waals surface area (Å²) in [5.74, 6) is -0.539. The van der Waals surface area contributed by atoms with Gasteiger partial charge in [0.2, 0.25) is 0 Å². The van der Waals surface area contributed by atoms with Crippen molar-refractivity contribution in [1.29, 1.82) is 0 Å². The smallest absolute Gasteiger partial charge is 0.165 e. The van der Waals surface area contributed by atoms with Gasteiger partial charge in [-0.15, -0.1) is 0 Å². The van der Waals surface area contributed by atoms with E-state index < -0.39 is 5.60 Å². The summed E-state index contributed by atoms with van der Waals surface area (Å²) in [5, 5.41) is 0. The van der Waals surface area contributed by atoms with Crippen LogP contribution in [0.2, 0.25) is 0 Å². The fourth-order valence-corrected chi connectivity index (χ4v) is 4.16. The number of allylic oxidation sites excluding steroid dienone is 1. The second-order valence-corrected chi connectivity index (χ2v) is 10.3. The molecule has 23 heavy (non-hydrogen) atoms. The van der Waals surface area contributed by atoms with Crippen molar-refractivity contribution in [2.24, 2.45) is 28.1 Å². The van der Waals surface area contributed by atoms with E-state index in [9.17, 15) is 9.59 Å². The third-order valence-corrected chi connectivity index (χ3v) is 5.42. The first-order chi connectivity index (χ1) is 10.1. The maximum atomic E-state index is 13.3. The van der Waals surface area contributed by atoms with Gasteiger partial charge in [0.05, 0.1) is 5.92 Å². The Balaban J connectivity index is 2.80. The third kappa shape index (κ3) is 2.71. The molecule has 0 aromatic rings. The highest BCUT2D eigenvalue weighted by Gasteiger charge is 2.64. The first kappa shape index (κ1) is 18.4. The van der Waals surface area contributed by atoms with E-state index in [2.05, 4.69) is 62.3 Å². The zero-order chi connectivity index (χ0) is 18.0. The normalized spacial score (nSPS) is 32.8. The highest BCUT2D eigenvalue weighted by molar-refractivity contribution is 6.05. The van der Waals surface area contributed by atoms with E-state index in [0.717, 1.165) is 5.57 Å². The van der Waals surface area contributed by atoms with Crippen LogP contribution in [-0.4, -0.2) is 23.8 Å². The monoisotopic (exact) mass is 320 g/mol. The molecule has 2 rings (SSSR count). The summed E-state index contributed by atoms with van der Waals surface area (Å²) >= 11 is 0. The molecule has 0 N–H and O–H groups in total. The van der Waals surface area contributed by atoms with Crippen molar-refractivity contribution in [3.05, 3.63) is 11.6 Å². The van der Waals surface area contributed by atoms with E-state index in [1.54, 1.807) is 0 Å². The van der Waals surface area contributed by atoms with Crippen LogP contribution in [0.5, 0.6) is 0 Å². The second kappa shape index (κ2) is 5.02. The lowest BCUT2D eigenvalue weighted by Gasteiger charge is -2.51. The summed E-state index contributed by atoms with van der Waals surface area (Å²) in [6.07, 6.45) is 1.99. The molecule has 2 aliphatic rings. The number of ketones is 2. The lowest BCUT2D eigenvalue weighted by atomic mass is 9.53. The summed E-state index contributed by atoms with van der Waals surface area (Å²) in [5.41, 5.74) is -0.702. The van der Waals surface area contributed by atoms with E-state index in [-0.39, 0.29) is 46.3 Å². The van der Waals surface area contributed by atoms with E-state index in [0.29, 0.717) is 0 Å². The Morgan fingerprint density at radius 2 is 1.52 bits per heavy atom. The average Bonchev–Trinajstić information content (AvgIpc) is 2.64. The van der Waals surface area contributed by atoms with Gasteiger partial charge in [-0.3, -0.25) is 9.59 Å². The van der Waals surface area contributed by atoms with Gasteiger partial charge in [-0.2, -0.15) is 0 Å². The summed E-state index contributed by atoms with van der Waals surface area (Å²) in [6, 6.07) is 0. The second-order valence-electron chi connectivity index (χ2n) is 10.3. The molecule has 3 nitrogen and oxygen atoms in total. The van der Waals surface area contributed by atoms with Crippen LogP contribution in [0.1, 0.15) is 62.3 Å². The van der Waals surface area contributed by atoms with Crippen LogP contribution in [0.4, 0.5) is 0 Å². The molecule has 0 amide bonds. The number of fused-ring (bicyclic) bond motifs is 1. The molecular weight excluding hydrogens is 288 g/mol. The van der Waals surface area contributed by atoms with Gasteiger partial charge < -0.3 is 4.74 Å². The SMILES string of the molecule is CC(C)(C)C1=C[C@@]2(C(C)(C)C)OCC(=O)[C@H]2C(C(C)(C)C)C1=O. The third-order valence-electron chi connectivity index (χ3n) is 5.42. The molecule has 3 atom stereocenters. The molecule has 0 radical (unpaired) electrons. The van der Waals surface area contributed by atoms with Gasteiger partial charge in [0.15, 0.2) is 11.6 Å². The summed E-state index contributed by atoms with van der Waals surface area (Å²) < 4.78 is 6.14. The van der Waals surface area contributed by atoms with Crippen LogP contribution in [0.15, 0.2) is 11.6 Å². The first-order valence-corrected chi connectivity index (χ1v) is 8.57. The van der Waals surface area contributed by atoms with Crippen LogP contribution < -0.4 is 0 Å². The van der Waals surface area contributed by atoms with Crippen molar-refractivity contribution in [2.75, 3.05) is 6.61 Å². The number of ether oxygens (including phenoxy) is 1. The first-order valence-electron chi connectivity index (χ1n) is 8.57. The van der Waals surface area contributed by atoms with Gasteiger partial charge in [0, 0.05) is 5.92 Å². The number of rotatable bonds is 0. The van der Waals surface area contributed by atoms with Crippen LogP contribution in [0.3, 0.4) is 0 Å². The minimum absolute atomic E-state index is 0.0670. The molecule has 130 valence electrons. The summed E-state index contributed by atoms with van der Waals surface area (Å²) in [6.45, 7) is 18.8. The molecular formula is C20H32O3. The largest absolute Gasteiger partial charge is 0.362 e. The highest BCUT2D eigenvalue weighted by atomic mass is 16.5. The maximum absolute atomic E-state index is 13.3. The lowest BCUT2D eigenvalue weighted by Crippen LogP contribution is -2.58. The summed E-state index contributed by atoms with van der Waals surface area (Å²) in [4.78, 5) is 26.0. The molecule has 1 aliphatic carbocycles. The number of carbonyl (C=O) groups is 2. The number of hydrogen-bond donors (Lipinski definition) is 0. The number of Topliss-reactive ketones (excluding diaryl/α,β-unsaturated/α-hetero) is 2. The van der Waals surface area contributed by atoms with Gasteiger partial charge in [0.1, 0.15) is 12.2 Å². The van der Waals surface area contributed by atoms with Crippen LogP contribution in [-0.2, 0) is 14.3 Å². The van der Waals surface area contributed by atoms with Crippen molar-refractivity contribution in [3.63, 3.8) is 0 Å². The quantitative estimate of drug-likeness (QED) is 0.671. The van der Waals surface area contributed by atoms with Crippen LogP contribution >= 0.6 is 0 Å². The summed E-state index contributed by atoms with van der Waals surface area (Å²) in [7, 11) is 0. The van der Waals surface area contributed by atoms with E-state index >= 15 is 0 Å². The lowest BCUT2D eigenvalue weighted by molar-refractivity contribution is -0.143. The molecule has 0 aromatic heterocycles. The molecule has 1 saturated heterocycles. The van der Waals surface area contributed by atoms with Crippen molar-refractivity contribution >= 4 is 11.6 Å². The van der Waals surface area contributed by atoms with Gasteiger partial charge >= 0.3 is 0 Å². The highest BCUT2D eigenvalue weighted by Crippen LogP contribution is 2.56. The fourth-order valence-electron chi connectivity index (χ4n) is 4.16. The average molecular weight is 320 g/mol. The van der Waals surface area contributed by atoms with Crippen molar-refractivity contribution < 1.29 is 14.3 Å². The molecule has 1 heterocycles. The maximum Gasteiger partial charge on any atom is 0.165 e. The molecule has 3 heteroatoms. The van der Waals surface area contributed by atoms with Gasteiger partial charge in [-0.1, -0.05) is 62.3 Å². The Bertz CT molecular complexity index is 563. The molecule has 0 spiro atoms. The molecule has 1 fully saturated rings. The van der Waals surface area contributed by atoms with E-state index in [1.165, 1.54) is 0 Å². The fraction of sp³-hybridized carbons (Fsp3) is 0.800. The Kier molecular flexibility index (Phi) is 4.01.